The number of aromatic nitrogens is 5. The van der Waals surface area contributed by atoms with Crippen molar-refractivity contribution in [3.63, 3.8) is 0 Å². The smallest absolute Gasteiger partial charge is 0.240 e. The van der Waals surface area contributed by atoms with Gasteiger partial charge in [0.2, 0.25) is 10.0 Å². The molecule has 2 aromatic carbocycles. The summed E-state index contributed by atoms with van der Waals surface area (Å²) >= 11 is 0. The second kappa shape index (κ2) is 7.77. The van der Waals surface area contributed by atoms with Crippen LogP contribution in [0.5, 0.6) is 0 Å². The number of hydrogen-bond acceptors (Lipinski definition) is 6. The highest BCUT2D eigenvalue weighted by Gasteiger charge is 2.20. The Labute approximate surface area is 185 Å². The molecule has 32 heavy (non-hydrogen) atoms. The zero-order valence-electron chi connectivity index (χ0n) is 17.5. The Hall–Kier alpha value is -3.69. The number of fused-ring (bicyclic) bond motifs is 3. The summed E-state index contributed by atoms with van der Waals surface area (Å²) in [7, 11) is -3.74. The van der Waals surface area contributed by atoms with Crippen LogP contribution in [0.4, 0.5) is 0 Å². The van der Waals surface area contributed by atoms with Gasteiger partial charge in [-0.05, 0) is 43.2 Å². The molecule has 0 aliphatic carbocycles. The standard InChI is InChI=1S/C23H20N6O2S/c1-15-9-10-18(32(30,31)25-14-17-6-5-11-24-13-17)12-21(15)23-27-26-22-20-8-4-3-7-19(20)16(2)28-29(22)23/h3-13,25H,14H2,1-2H3. The first-order chi connectivity index (χ1) is 15.4. The minimum absolute atomic E-state index is 0.149. The molecule has 0 saturated carbocycles. The lowest BCUT2D eigenvalue weighted by Crippen LogP contribution is -2.23. The van der Waals surface area contributed by atoms with Crippen LogP contribution in [0.15, 0.2) is 71.9 Å². The van der Waals surface area contributed by atoms with Crippen molar-refractivity contribution in [2.24, 2.45) is 0 Å². The predicted molar refractivity (Wildman–Crippen MR) is 121 cm³/mol. The van der Waals surface area contributed by atoms with E-state index in [9.17, 15) is 8.42 Å². The number of aryl methyl sites for hydroxylation is 2. The fraction of sp³-hybridized carbons (Fsp3) is 0.130. The molecule has 1 N–H and O–H groups in total. The lowest BCUT2D eigenvalue weighted by atomic mass is 10.1. The van der Waals surface area contributed by atoms with E-state index in [1.165, 1.54) is 0 Å². The Morgan fingerprint density at radius 2 is 1.78 bits per heavy atom. The van der Waals surface area contributed by atoms with Crippen LogP contribution in [0.25, 0.3) is 27.8 Å². The molecule has 0 radical (unpaired) electrons. The number of nitrogens with one attached hydrogen (secondary N) is 1. The summed E-state index contributed by atoms with van der Waals surface area (Å²) in [5, 5.41) is 15.3. The number of sulfonamides is 1. The molecular formula is C23H20N6O2S. The molecule has 0 unspecified atom stereocenters. The van der Waals surface area contributed by atoms with Crippen LogP contribution in [0.1, 0.15) is 16.8 Å². The second-order valence-electron chi connectivity index (χ2n) is 7.55. The van der Waals surface area contributed by atoms with Gasteiger partial charge in [0, 0.05) is 35.3 Å². The van der Waals surface area contributed by atoms with Gasteiger partial charge in [-0.3, -0.25) is 4.98 Å². The van der Waals surface area contributed by atoms with E-state index in [0.29, 0.717) is 17.0 Å². The number of benzene rings is 2. The molecule has 8 nitrogen and oxygen atoms in total. The van der Waals surface area contributed by atoms with Crippen molar-refractivity contribution < 1.29 is 8.42 Å². The Bertz CT molecular complexity index is 1560. The Kier molecular flexibility index (Phi) is 4.91. The van der Waals surface area contributed by atoms with Crippen molar-refractivity contribution in [2.45, 2.75) is 25.3 Å². The van der Waals surface area contributed by atoms with Gasteiger partial charge in [0.15, 0.2) is 11.5 Å². The van der Waals surface area contributed by atoms with Crippen LogP contribution in [0.3, 0.4) is 0 Å². The molecule has 0 bridgehead atoms. The zero-order valence-corrected chi connectivity index (χ0v) is 18.3. The third-order valence-electron chi connectivity index (χ3n) is 5.40. The van der Waals surface area contributed by atoms with Crippen LogP contribution < -0.4 is 4.72 Å². The molecule has 160 valence electrons. The van der Waals surface area contributed by atoms with Crippen LogP contribution >= 0.6 is 0 Å². The summed E-state index contributed by atoms with van der Waals surface area (Å²) in [6.07, 6.45) is 3.27. The monoisotopic (exact) mass is 444 g/mol. The maximum atomic E-state index is 12.9. The summed E-state index contributed by atoms with van der Waals surface area (Å²) < 4.78 is 30.2. The first-order valence-corrected chi connectivity index (χ1v) is 11.5. The average molecular weight is 445 g/mol. The van der Waals surface area contributed by atoms with Crippen molar-refractivity contribution >= 4 is 26.4 Å². The minimum atomic E-state index is -3.74. The van der Waals surface area contributed by atoms with Crippen molar-refractivity contribution in [1.29, 1.82) is 0 Å². The topological polar surface area (TPSA) is 102 Å². The van der Waals surface area contributed by atoms with E-state index >= 15 is 0 Å². The number of pyridine rings is 1. The second-order valence-corrected chi connectivity index (χ2v) is 9.32. The molecule has 0 amide bonds. The molecule has 5 rings (SSSR count). The van der Waals surface area contributed by atoms with Gasteiger partial charge in [-0.25, -0.2) is 13.1 Å². The highest BCUT2D eigenvalue weighted by molar-refractivity contribution is 7.89. The third-order valence-corrected chi connectivity index (χ3v) is 6.80. The van der Waals surface area contributed by atoms with Gasteiger partial charge in [0.25, 0.3) is 0 Å². The van der Waals surface area contributed by atoms with Crippen molar-refractivity contribution in [3.05, 3.63) is 83.8 Å². The molecule has 0 spiro atoms. The van der Waals surface area contributed by atoms with Crippen LogP contribution in [-0.4, -0.2) is 33.2 Å². The lowest BCUT2D eigenvalue weighted by Gasteiger charge is -2.10. The highest BCUT2D eigenvalue weighted by atomic mass is 32.2. The Morgan fingerprint density at radius 3 is 2.56 bits per heavy atom. The normalized spacial score (nSPS) is 11.9. The largest absolute Gasteiger partial charge is 0.264 e. The third kappa shape index (κ3) is 3.51. The van der Waals surface area contributed by atoms with E-state index in [-0.39, 0.29) is 11.4 Å². The first kappa shape index (κ1) is 20.2. The molecule has 3 heterocycles. The number of nitrogens with zero attached hydrogens (tertiary/aromatic N) is 5. The van der Waals surface area contributed by atoms with Gasteiger partial charge >= 0.3 is 0 Å². The van der Waals surface area contributed by atoms with E-state index < -0.39 is 10.0 Å². The summed E-state index contributed by atoms with van der Waals surface area (Å²) in [4.78, 5) is 4.16. The Morgan fingerprint density at radius 1 is 0.969 bits per heavy atom. The van der Waals surface area contributed by atoms with Crippen molar-refractivity contribution in [1.82, 2.24) is 29.5 Å². The van der Waals surface area contributed by atoms with Gasteiger partial charge in [-0.1, -0.05) is 36.4 Å². The molecule has 5 aromatic rings. The van der Waals surface area contributed by atoms with E-state index in [0.717, 1.165) is 27.6 Å². The van der Waals surface area contributed by atoms with Crippen LogP contribution in [0, 0.1) is 13.8 Å². The predicted octanol–water partition coefficient (Wildman–Crippen LogP) is 3.43. The fourth-order valence-corrected chi connectivity index (χ4v) is 4.72. The maximum absolute atomic E-state index is 12.9. The summed E-state index contributed by atoms with van der Waals surface area (Å²) in [5.41, 5.74) is 3.78. The highest BCUT2D eigenvalue weighted by Crippen LogP contribution is 2.28. The van der Waals surface area contributed by atoms with E-state index in [4.69, 9.17) is 0 Å². The summed E-state index contributed by atoms with van der Waals surface area (Å²) in [6.45, 7) is 3.99. The number of hydrogen-bond donors (Lipinski definition) is 1. The van der Waals surface area contributed by atoms with Gasteiger partial charge in [-0.2, -0.15) is 9.61 Å². The molecule has 0 aliphatic rings. The van der Waals surface area contributed by atoms with Gasteiger partial charge < -0.3 is 0 Å². The van der Waals surface area contributed by atoms with Crippen LogP contribution in [0.2, 0.25) is 0 Å². The van der Waals surface area contributed by atoms with E-state index in [1.807, 2.05) is 44.2 Å². The maximum Gasteiger partial charge on any atom is 0.240 e. The van der Waals surface area contributed by atoms with Gasteiger partial charge in [0.1, 0.15) is 0 Å². The lowest BCUT2D eigenvalue weighted by molar-refractivity contribution is 0.581. The van der Waals surface area contributed by atoms with E-state index in [1.54, 1.807) is 41.2 Å². The number of rotatable bonds is 5. The van der Waals surface area contributed by atoms with Gasteiger partial charge in [-0.15, -0.1) is 10.2 Å². The first-order valence-electron chi connectivity index (χ1n) is 10.0. The van der Waals surface area contributed by atoms with Gasteiger partial charge in [0.05, 0.1) is 10.6 Å². The quantitative estimate of drug-likeness (QED) is 0.446. The minimum Gasteiger partial charge on any atom is -0.264 e. The summed E-state index contributed by atoms with van der Waals surface area (Å²) in [6, 6.07) is 16.4. The average Bonchev–Trinajstić information content (AvgIpc) is 3.22. The van der Waals surface area contributed by atoms with Crippen molar-refractivity contribution in [3.8, 4) is 11.4 Å². The summed E-state index contributed by atoms with van der Waals surface area (Å²) in [5.74, 6) is 0.496. The fourth-order valence-electron chi connectivity index (χ4n) is 3.68. The SMILES string of the molecule is Cc1ccc(S(=O)(=O)NCc2cccnc2)cc1-c1nnc2c3ccccc3c(C)nn12. The Balaban J connectivity index is 1.58. The van der Waals surface area contributed by atoms with Crippen molar-refractivity contribution in [2.75, 3.05) is 0 Å². The zero-order chi connectivity index (χ0) is 22.3. The van der Waals surface area contributed by atoms with E-state index in [2.05, 4.69) is 25.0 Å². The molecule has 3 aromatic heterocycles. The van der Waals surface area contributed by atoms with Crippen LogP contribution in [-0.2, 0) is 16.6 Å². The molecule has 0 fully saturated rings. The molecule has 9 heteroatoms. The molecule has 0 saturated heterocycles. The molecular weight excluding hydrogens is 424 g/mol. The molecule has 0 aliphatic heterocycles. The molecule has 0 atom stereocenters.